The largest absolute Gasteiger partial charge is 0.491 e. The van der Waals surface area contributed by atoms with Gasteiger partial charge in [-0.3, -0.25) is 0 Å². The second-order valence-electron chi connectivity index (χ2n) is 4.94. The highest BCUT2D eigenvalue weighted by Gasteiger charge is 2.25. The maximum absolute atomic E-state index is 12.4. The van der Waals surface area contributed by atoms with E-state index in [1.165, 1.54) is 0 Å². The average molecular weight is 322 g/mol. The van der Waals surface area contributed by atoms with Crippen molar-refractivity contribution in [3.05, 3.63) is 59.7 Å². The lowest BCUT2D eigenvalue weighted by atomic mass is 10.2. The predicted molar refractivity (Wildman–Crippen MR) is 87.8 cm³/mol. The first kappa shape index (κ1) is 15.9. The lowest BCUT2D eigenvalue weighted by Crippen LogP contribution is -2.23. The summed E-state index contributed by atoms with van der Waals surface area (Å²) in [5.74, 6) is 0.638. The molecule has 0 N–H and O–H groups in total. The molecular weight excluding hydrogens is 304 g/mol. The molecule has 1 unspecified atom stereocenters. The molecule has 0 fully saturated rings. The van der Waals surface area contributed by atoms with Gasteiger partial charge in [-0.05, 0) is 43.7 Å². The Morgan fingerprint density at radius 1 is 1.05 bits per heavy atom. The average Bonchev–Trinajstić information content (AvgIpc) is 2.46. The third-order valence-corrected chi connectivity index (χ3v) is 5.83. The third kappa shape index (κ3) is 4.02. The van der Waals surface area contributed by atoms with Crippen molar-refractivity contribution in [2.24, 2.45) is 0 Å². The Balaban J connectivity index is 2.08. The fraction of sp³-hybridized carbons (Fsp3) is 0.250. The fourth-order valence-electron chi connectivity index (χ4n) is 1.84. The zero-order valence-corrected chi connectivity index (χ0v) is 13.7. The van der Waals surface area contributed by atoms with Crippen LogP contribution in [0.15, 0.2) is 53.4 Å². The van der Waals surface area contributed by atoms with E-state index >= 15 is 0 Å². The molecule has 5 heteroatoms. The molecule has 0 aliphatic carbocycles. The van der Waals surface area contributed by atoms with E-state index in [0.29, 0.717) is 5.75 Å². The highest BCUT2D eigenvalue weighted by molar-refractivity contribution is 8.05. The fourth-order valence-corrected chi connectivity index (χ4v) is 3.46. The van der Waals surface area contributed by atoms with Crippen LogP contribution in [0, 0.1) is 13.8 Å². The molecule has 1 atom stereocenters. The topological polar surface area (TPSA) is 43.4 Å². The summed E-state index contributed by atoms with van der Waals surface area (Å²) >= 11 is 4.19. The Morgan fingerprint density at radius 2 is 1.71 bits per heavy atom. The maximum Gasteiger partial charge on any atom is 0.193 e. The molecule has 2 rings (SSSR count). The molecule has 0 aromatic heterocycles. The molecule has 2 aromatic carbocycles. The standard InChI is InChI=1S/C16H18O3S2/c1-12-6-8-14(9-7-12)19-11-16(20)21(17,18)15-5-3-4-13(2)10-15/h3-10,16,20H,11H2,1-2H3. The van der Waals surface area contributed by atoms with Crippen LogP contribution in [-0.2, 0) is 9.84 Å². The summed E-state index contributed by atoms with van der Waals surface area (Å²) < 4.78 is 29.4. The van der Waals surface area contributed by atoms with Crippen molar-refractivity contribution in [3.8, 4) is 5.75 Å². The smallest absolute Gasteiger partial charge is 0.193 e. The van der Waals surface area contributed by atoms with E-state index in [2.05, 4.69) is 12.6 Å². The van der Waals surface area contributed by atoms with Crippen LogP contribution in [0.2, 0.25) is 0 Å². The van der Waals surface area contributed by atoms with E-state index in [1.807, 2.05) is 44.2 Å². The molecule has 0 spiro atoms. The first-order valence-electron chi connectivity index (χ1n) is 6.58. The lowest BCUT2D eigenvalue weighted by molar-refractivity contribution is 0.334. The van der Waals surface area contributed by atoms with Crippen LogP contribution in [-0.4, -0.2) is 19.6 Å². The number of thiol groups is 1. The van der Waals surface area contributed by atoms with Gasteiger partial charge in [-0.15, -0.1) is 0 Å². The SMILES string of the molecule is Cc1ccc(OCC(S)S(=O)(=O)c2cccc(C)c2)cc1. The Bertz CT molecular complexity index is 707. The molecule has 0 aliphatic rings. The summed E-state index contributed by atoms with van der Waals surface area (Å²) in [5, 5.41) is 0. The number of rotatable bonds is 5. The van der Waals surface area contributed by atoms with Crippen LogP contribution in [0.5, 0.6) is 5.75 Å². The van der Waals surface area contributed by atoms with Crippen LogP contribution in [0.25, 0.3) is 0 Å². The van der Waals surface area contributed by atoms with E-state index in [1.54, 1.807) is 18.2 Å². The third-order valence-electron chi connectivity index (χ3n) is 3.09. The molecule has 3 nitrogen and oxygen atoms in total. The highest BCUT2D eigenvalue weighted by atomic mass is 32.2. The van der Waals surface area contributed by atoms with Gasteiger partial charge in [-0.25, -0.2) is 8.42 Å². The number of hydrogen-bond donors (Lipinski definition) is 1. The van der Waals surface area contributed by atoms with E-state index in [0.717, 1.165) is 11.1 Å². The van der Waals surface area contributed by atoms with Crippen molar-refractivity contribution >= 4 is 22.5 Å². The highest BCUT2D eigenvalue weighted by Crippen LogP contribution is 2.21. The van der Waals surface area contributed by atoms with E-state index in [-0.39, 0.29) is 11.5 Å². The maximum atomic E-state index is 12.4. The zero-order chi connectivity index (χ0) is 15.5. The van der Waals surface area contributed by atoms with Crippen LogP contribution in [0.4, 0.5) is 0 Å². The van der Waals surface area contributed by atoms with Gasteiger partial charge < -0.3 is 4.74 Å². The van der Waals surface area contributed by atoms with Gasteiger partial charge in [-0.2, -0.15) is 12.6 Å². The van der Waals surface area contributed by atoms with Gasteiger partial charge >= 0.3 is 0 Å². The minimum atomic E-state index is -3.50. The summed E-state index contributed by atoms with van der Waals surface area (Å²) in [4.78, 5) is 0.273. The van der Waals surface area contributed by atoms with Gasteiger partial charge in [0.15, 0.2) is 9.84 Å². The molecule has 0 bridgehead atoms. The number of aryl methyl sites for hydroxylation is 2. The predicted octanol–water partition coefficient (Wildman–Crippen LogP) is 3.41. The molecule has 0 heterocycles. The first-order chi connectivity index (χ1) is 9.89. The Hall–Kier alpha value is -1.46. The minimum absolute atomic E-state index is 0.00243. The Labute approximate surface area is 131 Å². The first-order valence-corrected chi connectivity index (χ1v) is 8.64. The summed E-state index contributed by atoms with van der Waals surface area (Å²) in [6, 6.07) is 14.3. The van der Waals surface area contributed by atoms with E-state index < -0.39 is 14.4 Å². The van der Waals surface area contributed by atoms with Crippen molar-refractivity contribution in [1.82, 2.24) is 0 Å². The molecule has 0 radical (unpaired) electrons. The van der Waals surface area contributed by atoms with Gasteiger partial charge in [-0.1, -0.05) is 29.8 Å². The number of benzene rings is 2. The van der Waals surface area contributed by atoms with Crippen LogP contribution >= 0.6 is 12.6 Å². The second-order valence-corrected chi connectivity index (χ2v) is 8.04. The van der Waals surface area contributed by atoms with Gasteiger partial charge in [0.1, 0.15) is 16.9 Å². The van der Waals surface area contributed by atoms with Crippen LogP contribution in [0.1, 0.15) is 11.1 Å². The van der Waals surface area contributed by atoms with Crippen molar-refractivity contribution < 1.29 is 13.2 Å². The van der Waals surface area contributed by atoms with Crippen molar-refractivity contribution in [2.75, 3.05) is 6.61 Å². The summed E-state index contributed by atoms with van der Waals surface area (Å²) in [6.07, 6.45) is 0. The summed E-state index contributed by atoms with van der Waals surface area (Å²) in [6.45, 7) is 3.84. The molecule has 112 valence electrons. The Kier molecular flexibility index (Phi) is 4.96. The van der Waals surface area contributed by atoms with Crippen molar-refractivity contribution in [3.63, 3.8) is 0 Å². The normalized spacial score (nSPS) is 12.9. The van der Waals surface area contributed by atoms with Gasteiger partial charge in [0, 0.05) is 0 Å². The van der Waals surface area contributed by atoms with Crippen LogP contribution in [0.3, 0.4) is 0 Å². The Morgan fingerprint density at radius 3 is 2.33 bits per heavy atom. The number of hydrogen-bond acceptors (Lipinski definition) is 4. The molecular formula is C16H18O3S2. The van der Waals surface area contributed by atoms with Gasteiger partial charge in [0.25, 0.3) is 0 Å². The number of sulfone groups is 1. The molecule has 21 heavy (non-hydrogen) atoms. The minimum Gasteiger partial charge on any atom is -0.491 e. The van der Waals surface area contributed by atoms with Crippen LogP contribution < -0.4 is 4.74 Å². The van der Waals surface area contributed by atoms with E-state index in [9.17, 15) is 8.42 Å². The molecule has 0 saturated heterocycles. The quantitative estimate of drug-likeness (QED) is 0.858. The summed E-state index contributed by atoms with van der Waals surface area (Å²) in [7, 11) is -3.50. The van der Waals surface area contributed by atoms with Crippen molar-refractivity contribution in [2.45, 2.75) is 23.3 Å². The van der Waals surface area contributed by atoms with E-state index in [4.69, 9.17) is 4.74 Å². The van der Waals surface area contributed by atoms with Gasteiger partial charge in [0.05, 0.1) is 4.90 Å². The van der Waals surface area contributed by atoms with Crippen molar-refractivity contribution in [1.29, 1.82) is 0 Å². The molecule has 2 aromatic rings. The summed E-state index contributed by atoms with van der Waals surface area (Å²) in [5.41, 5.74) is 2.02. The molecule has 0 aliphatic heterocycles. The van der Waals surface area contributed by atoms with Gasteiger partial charge in [0.2, 0.25) is 0 Å². The second kappa shape index (κ2) is 6.54. The lowest BCUT2D eigenvalue weighted by Gasteiger charge is -2.14. The monoisotopic (exact) mass is 322 g/mol. The number of ether oxygens (including phenoxy) is 1. The zero-order valence-electron chi connectivity index (χ0n) is 12.0. The molecule has 0 saturated carbocycles. The molecule has 0 amide bonds.